The van der Waals surface area contributed by atoms with E-state index in [1.807, 2.05) is 36.4 Å². The van der Waals surface area contributed by atoms with E-state index in [2.05, 4.69) is 0 Å². The highest BCUT2D eigenvalue weighted by atomic mass is 16.5. The van der Waals surface area contributed by atoms with Crippen LogP contribution in [0.15, 0.2) is 36.4 Å². The maximum Gasteiger partial charge on any atom is 0.323 e. The van der Waals surface area contributed by atoms with E-state index < -0.39 is 12.1 Å². The van der Waals surface area contributed by atoms with Gasteiger partial charge in [-0.25, -0.2) is 0 Å². The zero-order chi connectivity index (χ0) is 16.8. The molecule has 24 heavy (non-hydrogen) atoms. The first-order chi connectivity index (χ1) is 11.6. The van der Waals surface area contributed by atoms with Crippen molar-refractivity contribution in [1.29, 1.82) is 0 Å². The highest BCUT2D eigenvalue weighted by Gasteiger charge is 2.40. The molecule has 2 aliphatic rings. The lowest BCUT2D eigenvalue weighted by molar-refractivity contribution is -0.145. The van der Waals surface area contributed by atoms with Gasteiger partial charge in [0.1, 0.15) is 6.04 Å². The fourth-order valence-corrected chi connectivity index (χ4v) is 3.72. The summed E-state index contributed by atoms with van der Waals surface area (Å²) in [6.07, 6.45) is -0.267. The van der Waals surface area contributed by atoms with Crippen LogP contribution in [0.2, 0.25) is 0 Å². The molecule has 1 saturated heterocycles. The summed E-state index contributed by atoms with van der Waals surface area (Å²) in [5.41, 5.74) is 1.52. The first kappa shape index (κ1) is 15.1. The second-order valence-electron chi connectivity index (χ2n) is 6.26. The lowest BCUT2D eigenvalue weighted by Gasteiger charge is -2.28. The van der Waals surface area contributed by atoms with E-state index in [1.165, 1.54) is 7.11 Å². The molecule has 124 valence electrons. The Morgan fingerprint density at radius 1 is 1.29 bits per heavy atom. The number of carbonyl (C=O) groups excluding carboxylic acids is 2. The molecule has 2 aromatic rings. The smallest absolute Gasteiger partial charge is 0.323 e. The molecule has 1 fully saturated rings. The first-order valence-corrected chi connectivity index (χ1v) is 7.93. The minimum atomic E-state index is -0.593. The van der Waals surface area contributed by atoms with Gasteiger partial charge in [-0.2, -0.15) is 0 Å². The molecule has 2 aromatic carbocycles. The lowest BCUT2D eigenvalue weighted by Crippen LogP contribution is -2.45. The Morgan fingerprint density at radius 3 is 2.79 bits per heavy atom. The van der Waals surface area contributed by atoms with Gasteiger partial charge < -0.3 is 9.84 Å². The van der Waals surface area contributed by atoms with Crippen LogP contribution in [0.25, 0.3) is 10.8 Å². The standard InChI is InChI=1S/C18H18N2O4/c1-24-18(23)15-8-12(21)9-19(15)10-20-14-7-3-5-11-4-2-6-13(16(11)14)17(20)22/h2-7,12,15,21H,8-10H2,1H3/t12-,15+/m1/s1. The Hall–Kier alpha value is -2.44. The molecular weight excluding hydrogens is 308 g/mol. The summed E-state index contributed by atoms with van der Waals surface area (Å²) < 4.78 is 4.83. The monoisotopic (exact) mass is 326 g/mol. The summed E-state index contributed by atoms with van der Waals surface area (Å²) in [7, 11) is 1.34. The third-order valence-corrected chi connectivity index (χ3v) is 4.83. The summed E-state index contributed by atoms with van der Waals surface area (Å²) in [6.45, 7) is 0.597. The van der Waals surface area contributed by atoms with Crippen molar-refractivity contribution in [3.8, 4) is 0 Å². The van der Waals surface area contributed by atoms with Gasteiger partial charge in [-0.3, -0.25) is 19.4 Å². The van der Waals surface area contributed by atoms with Crippen molar-refractivity contribution in [2.75, 3.05) is 25.2 Å². The maximum absolute atomic E-state index is 12.8. The molecule has 0 radical (unpaired) electrons. The molecule has 0 aromatic heterocycles. The number of aliphatic hydroxyl groups excluding tert-OH is 1. The average Bonchev–Trinajstić information content (AvgIpc) is 3.09. The van der Waals surface area contributed by atoms with E-state index in [1.54, 1.807) is 9.80 Å². The predicted molar refractivity (Wildman–Crippen MR) is 88.8 cm³/mol. The fourth-order valence-electron chi connectivity index (χ4n) is 3.72. The van der Waals surface area contributed by atoms with Crippen molar-refractivity contribution >= 4 is 28.3 Å². The molecule has 1 amide bonds. The van der Waals surface area contributed by atoms with Crippen LogP contribution in [0.1, 0.15) is 16.8 Å². The second kappa shape index (κ2) is 5.58. The summed E-state index contributed by atoms with van der Waals surface area (Å²) in [4.78, 5) is 28.2. The number of hydrogen-bond acceptors (Lipinski definition) is 5. The summed E-state index contributed by atoms with van der Waals surface area (Å²) in [5.74, 6) is -0.458. The van der Waals surface area contributed by atoms with Gasteiger partial charge in [0.05, 0.1) is 25.6 Å². The van der Waals surface area contributed by atoms with Crippen molar-refractivity contribution in [3.63, 3.8) is 0 Å². The van der Waals surface area contributed by atoms with E-state index in [4.69, 9.17) is 4.74 Å². The number of esters is 1. The number of aliphatic hydroxyl groups is 1. The molecule has 2 atom stereocenters. The molecule has 2 heterocycles. The van der Waals surface area contributed by atoms with Crippen molar-refractivity contribution in [2.24, 2.45) is 0 Å². The van der Waals surface area contributed by atoms with Gasteiger partial charge in [-0.15, -0.1) is 0 Å². The number of β-amino-alcohol motifs (C(OH)–C–C–N with tert-alkyl or cyclic N) is 1. The van der Waals surface area contributed by atoms with Gasteiger partial charge in [0.15, 0.2) is 0 Å². The number of hydrogen-bond donors (Lipinski definition) is 1. The van der Waals surface area contributed by atoms with Gasteiger partial charge >= 0.3 is 5.97 Å². The van der Waals surface area contributed by atoms with Gasteiger partial charge in [0.25, 0.3) is 5.91 Å². The quantitative estimate of drug-likeness (QED) is 0.863. The molecule has 0 aliphatic carbocycles. The zero-order valence-electron chi connectivity index (χ0n) is 13.3. The number of anilines is 1. The van der Waals surface area contributed by atoms with Crippen LogP contribution in [0.5, 0.6) is 0 Å². The minimum Gasteiger partial charge on any atom is -0.468 e. The molecule has 0 spiro atoms. The zero-order valence-corrected chi connectivity index (χ0v) is 13.3. The molecule has 6 nitrogen and oxygen atoms in total. The Kier molecular flexibility index (Phi) is 3.51. The van der Waals surface area contributed by atoms with E-state index in [0.717, 1.165) is 16.5 Å². The predicted octanol–water partition coefficient (Wildman–Crippen LogP) is 1.37. The van der Waals surface area contributed by atoms with Crippen LogP contribution >= 0.6 is 0 Å². The third-order valence-electron chi connectivity index (χ3n) is 4.83. The van der Waals surface area contributed by atoms with Crippen LogP contribution in [0.4, 0.5) is 5.69 Å². The number of ether oxygens (including phenoxy) is 1. The number of carbonyl (C=O) groups is 2. The van der Waals surface area contributed by atoms with Crippen molar-refractivity contribution in [1.82, 2.24) is 4.90 Å². The number of benzene rings is 2. The Balaban J connectivity index is 1.68. The summed E-state index contributed by atoms with van der Waals surface area (Å²) in [6, 6.07) is 11.0. The lowest BCUT2D eigenvalue weighted by atomic mass is 10.1. The highest BCUT2D eigenvalue weighted by Crippen LogP contribution is 2.37. The highest BCUT2D eigenvalue weighted by molar-refractivity contribution is 6.24. The number of methoxy groups -OCH3 is 1. The van der Waals surface area contributed by atoms with Crippen LogP contribution in [0, 0.1) is 0 Å². The molecule has 6 heteroatoms. The van der Waals surface area contributed by atoms with Crippen LogP contribution < -0.4 is 4.90 Å². The van der Waals surface area contributed by atoms with E-state index in [9.17, 15) is 14.7 Å². The molecule has 0 unspecified atom stereocenters. The van der Waals surface area contributed by atoms with Crippen LogP contribution in [0.3, 0.4) is 0 Å². The van der Waals surface area contributed by atoms with Crippen molar-refractivity contribution < 1.29 is 19.4 Å². The third kappa shape index (κ3) is 2.18. The maximum atomic E-state index is 12.8. The summed E-state index contributed by atoms with van der Waals surface area (Å²) in [5, 5.41) is 11.9. The average molecular weight is 326 g/mol. The normalized spacial score (nSPS) is 23.2. The Bertz CT molecular complexity index is 830. The Morgan fingerprint density at radius 2 is 2.04 bits per heavy atom. The number of nitrogens with zero attached hydrogens (tertiary/aromatic N) is 2. The topological polar surface area (TPSA) is 70.1 Å². The second-order valence-corrected chi connectivity index (χ2v) is 6.26. The molecule has 0 bridgehead atoms. The van der Waals surface area contributed by atoms with E-state index in [-0.39, 0.29) is 18.5 Å². The van der Waals surface area contributed by atoms with Gasteiger partial charge in [0, 0.05) is 23.9 Å². The van der Waals surface area contributed by atoms with Gasteiger partial charge in [-0.05, 0) is 17.5 Å². The van der Waals surface area contributed by atoms with Gasteiger partial charge in [0.2, 0.25) is 0 Å². The molecule has 0 saturated carbocycles. The SMILES string of the molecule is COC(=O)[C@@H]1C[C@@H](O)CN1CN1C(=O)c2cccc3cccc1c23. The van der Waals surface area contributed by atoms with Crippen LogP contribution in [-0.2, 0) is 9.53 Å². The van der Waals surface area contributed by atoms with Crippen molar-refractivity contribution in [2.45, 2.75) is 18.6 Å². The summed E-state index contributed by atoms with van der Waals surface area (Å²) >= 11 is 0. The molecule has 2 aliphatic heterocycles. The van der Waals surface area contributed by atoms with E-state index in [0.29, 0.717) is 18.5 Å². The van der Waals surface area contributed by atoms with E-state index >= 15 is 0 Å². The number of rotatable bonds is 3. The molecule has 1 N–H and O–H groups in total. The fraction of sp³-hybridized carbons (Fsp3) is 0.333. The van der Waals surface area contributed by atoms with Crippen LogP contribution in [-0.4, -0.2) is 54.4 Å². The Labute approximate surface area is 139 Å². The number of likely N-dealkylation sites (tertiary alicyclic amines) is 1. The largest absolute Gasteiger partial charge is 0.468 e. The molecular formula is C18H18N2O4. The minimum absolute atomic E-state index is 0.0770. The first-order valence-electron chi connectivity index (χ1n) is 7.93. The van der Waals surface area contributed by atoms with Crippen molar-refractivity contribution in [3.05, 3.63) is 42.0 Å². The molecule has 4 rings (SSSR count). The van der Waals surface area contributed by atoms with Gasteiger partial charge in [-0.1, -0.05) is 24.3 Å². The number of amides is 1.